The van der Waals surface area contributed by atoms with Crippen LogP contribution in [0.2, 0.25) is 0 Å². The monoisotopic (exact) mass is 602 g/mol. The highest BCUT2D eigenvalue weighted by Gasteiger charge is 2.34. The lowest BCUT2D eigenvalue weighted by Gasteiger charge is -2.36. The summed E-state index contributed by atoms with van der Waals surface area (Å²) in [4.78, 5) is 36.0. The van der Waals surface area contributed by atoms with Crippen molar-refractivity contribution < 1.29 is 4.79 Å². The normalized spacial score (nSPS) is 15.1. The van der Waals surface area contributed by atoms with E-state index in [-0.39, 0.29) is 11.5 Å². The maximum atomic E-state index is 14.1. The number of unbranched alkanes of at least 4 members (excludes halogenated alkanes) is 2. The smallest absolute Gasteiger partial charge is 0.261 e. The van der Waals surface area contributed by atoms with E-state index >= 15 is 0 Å². The van der Waals surface area contributed by atoms with E-state index in [4.69, 9.17) is 4.98 Å². The number of carbonyl (C=O) groups excluding carboxylic acids is 1. The van der Waals surface area contributed by atoms with E-state index in [0.29, 0.717) is 23.7 Å². The van der Waals surface area contributed by atoms with Gasteiger partial charge in [-0.05, 0) is 59.4 Å². The third-order valence-electron chi connectivity index (χ3n) is 9.02. The van der Waals surface area contributed by atoms with Crippen LogP contribution >= 0.6 is 0 Å². The Balaban J connectivity index is 1.16. The molecule has 230 valence electrons. The zero-order valence-electron chi connectivity index (χ0n) is 25.7. The number of nitrogens with one attached hydrogen (secondary N) is 1. The lowest BCUT2D eigenvalue weighted by molar-refractivity contribution is -0.132. The van der Waals surface area contributed by atoms with Gasteiger partial charge in [-0.25, -0.2) is 4.98 Å². The first-order chi connectivity index (χ1) is 22.1. The van der Waals surface area contributed by atoms with Gasteiger partial charge in [0.2, 0.25) is 11.7 Å². The summed E-state index contributed by atoms with van der Waals surface area (Å²) in [6, 6.07) is 22.4. The number of H-pyrrole nitrogens is 1. The molecule has 0 bridgehead atoms. The van der Waals surface area contributed by atoms with Gasteiger partial charge in [0.1, 0.15) is 5.82 Å². The van der Waals surface area contributed by atoms with E-state index in [1.807, 2.05) is 45.9 Å². The highest BCUT2D eigenvalue weighted by atomic mass is 16.2. The molecule has 0 unspecified atom stereocenters. The van der Waals surface area contributed by atoms with Gasteiger partial charge in [-0.1, -0.05) is 68.3 Å². The Morgan fingerprint density at radius 1 is 0.933 bits per heavy atom. The van der Waals surface area contributed by atoms with Crippen molar-refractivity contribution >= 4 is 22.5 Å². The summed E-state index contributed by atoms with van der Waals surface area (Å²) in [6.07, 6.45) is 6.01. The largest absolute Gasteiger partial charge is 0.368 e. The predicted octanol–water partition coefficient (Wildman–Crippen LogP) is 5.08. The summed E-state index contributed by atoms with van der Waals surface area (Å²) in [5.74, 6) is 1.93. The molecular weight excluding hydrogens is 564 g/mol. The molecule has 1 amide bonds. The molecule has 1 saturated carbocycles. The van der Waals surface area contributed by atoms with Crippen LogP contribution in [-0.4, -0.2) is 67.2 Å². The summed E-state index contributed by atoms with van der Waals surface area (Å²) < 4.78 is 1.86. The van der Waals surface area contributed by atoms with Crippen molar-refractivity contribution in [3.63, 3.8) is 0 Å². The highest BCUT2D eigenvalue weighted by molar-refractivity contribution is 5.83. The van der Waals surface area contributed by atoms with Gasteiger partial charge >= 0.3 is 0 Å². The number of anilines is 1. The number of piperazine rings is 1. The topological polar surface area (TPSA) is 113 Å². The molecule has 2 aliphatic rings. The van der Waals surface area contributed by atoms with Crippen LogP contribution in [0.4, 0.5) is 5.69 Å². The number of tetrazole rings is 1. The van der Waals surface area contributed by atoms with E-state index in [0.717, 1.165) is 104 Å². The molecule has 0 atom stereocenters. The van der Waals surface area contributed by atoms with Crippen molar-refractivity contribution in [2.45, 2.75) is 52.0 Å². The molecule has 10 heteroatoms. The van der Waals surface area contributed by atoms with Crippen LogP contribution in [0.25, 0.3) is 33.4 Å². The highest BCUT2D eigenvalue weighted by Crippen LogP contribution is 2.32. The van der Waals surface area contributed by atoms with Gasteiger partial charge in [-0.15, -0.1) is 10.2 Å². The number of nitrogens with zero attached hydrogens (tertiary/aromatic N) is 7. The molecule has 1 N–H and O–H groups in total. The van der Waals surface area contributed by atoms with Crippen LogP contribution in [-0.2, 0) is 17.8 Å². The SMILES string of the molecule is CCCCCc1nc2ccc(N3CCN(C(=O)C4CC4)CC3)cc2c(=O)n1Cc1ccc(-c2ccccc2-c2nn[nH]n2)cc1. The Morgan fingerprint density at radius 3 is 2.42 bits per heavy atom. The first-order valence-corrected chi connectivity index (χ1v) is 16.1. The van der Waals surface area contributed by atoms with Gasteiger partial charge in [-0.3, -0.25) is 14.2 Å². The van der Waals surface area contributed by atoms with Crippen LogP contribution in [0, 0.1) is 5.92 Å². The molecule has 1 saturated heterocycles. The molecule has 5 aromatic rings. The second-order valence-corrected chi connectivity index (χ2v) is 12.1. The fourth-order valence-corrected chi connectivity index (χ4v) is 6.29. The summed E-state index contributed by atoms with van der Waals surface area (Å²) in [7, 11) is 0. The molecule has 3 aromatic carbocycles. The standard InChI is InChI=1S/C35H38N8O2/c1-2-3-4-9-32-36-31-17-16-27(41-18-20-42(21-19-41)34(44)26-14-15-26)22-30(31)35(45)43(32)23-24-10-12-25(13-11-24)28-7-5-6-8-29(28)33-37-39-40-38-33/h5-8,10-13,16-17,22,26H,2-4,9,14-15,18-21,23H2,1H3,(H,37,38,39,40). The second kappa shape index (κ2) is 12.6. The summed E-state index contributed by atoms with van der Waals surface area (Å²) in [5, 5.41) is 15.2. The molecule has 1 aliphatic carbocycles. The molecule has 10 nitrogen and oxygen atoms in total. The van der Waals surface area contributed by atoms with Crippen LogP contribution in [0.1, 0.15) is 50.4 Å². The maximum Gasteiger partial charge on any atom is 0.261 e. The van der Waals surface area contributed by atoms with Crippen LogP contribution in [0.3, 0.4) is 0 Å². The number of fused-ring (bicyclic) bond motifs is 1. The molecule has 1 aliphatic heterocycles. The third kappa shape index (κ3) is 6.09. The molecule has 0 radical (unpaired) electrons. The molecule has 2 aromatic heterocycles. The van der Waals surface area contributed by atoms with Crippen molar-refractivity contribution in [3.8, 4) is 22.5 Å². The van der Waals surface area contributed by atoms with Crippen molar-refractivity contribution in [3.05, 3.63) is 88.5 Å². The summed E-state index contributed by atoms with van der Waals surface area (Å²) >= 11 is 0. The Morgan fingerprint density at radius 2 is 1.71 bits per heavy atom. The average Bonchev–Trinajstić information content (AvgIpc) is 3.79. The maximum absolute atomic E-state index is 14.1. The van der Waals surface area contributed by atoms with E-state index in [2.05, 4.69) is 62.8 Å². The van der Waals surface area contributed by atoms with E-state index in [1.54, 1.807) is 0 Å². The number of aromatic amines is 1. The number of hydrogen-bond donors (Lipinski definition) is 1. The van der Waals surface area contributed by atoms with Gasteiger partial charge < -0.3 is 9.80 Å². The molecular formula is C35H38N8O2. The molecule has 7 rings (SSSR count). The van der Waals surface area contributed by atoms with Gasteiger partial charge in [0.25, 0.3) is 5.56 Å². The van der Waals surface area contributed by atoms with E-state index in [1.165, 1.54) is 0 Å². The first-order valence-electron chi connectivity index (χ1n) is 16.1. The van der Waals surface area contributed by atoms with Gasteiger partial charge in [0, 0.05) is 49.8 Å². The molecule has 3 heterocycles. The number of benzene rings is 3. The quantitative estimate of drug-likeness (QED) is 0.222. The first kappa shape index (κ1) is 28.9. The van der Waals surface area contributed by atoms with Crippen LogP contribution in [0.15, 0.2) is 71.5 Å². The Labute approximate surface area is 262 Å². The molecule has 2 fully saturated rings. The van der Waals surface area contributed by atoms with Crippen molar-refractivity contribution in [2.75, 3.05) is 31.1 Å². The number of amides is 1. The van der Waals surface area contributed by atoms with Crippen LogP contribution < -0.4 is 10.5 Å². The van der Waals surface area contributed by atoms with Crippen molar-refractivity contribution in [1.82, 2.24) is 35.1 Å². The minimum atomic E-state index is -0.0116. The fourth-order valence-electron chi connectivity index (χ4n) is 6.29. The predicted molar refractivity (Wildman–Crippen MR) is 175 cm³/mol. The Kier molecular flexibility index (Phi) is 8.11. The fraction of sp³-hybridized carbons (Fsp3) is 0.371. The third-order valence-corrected chi connectivity index (χ3v) is 9.02. The van der Waals surface area contributed by atoms with E-state index in [9.17, 15) is 9.59 Å². The second-order valence-electron chi connectivity index (χ2n) is 12.1. The Bertz CT molecular complexity index is 1850. The lowest BCUT2D eigenvalue weighted by atomic mass is 9.98. The number of carbonyl (C=O) groups is 1. The average molecular weight is 603 g/mol. The van der Waals surface area contributed by atoms with E-state index < -0.39 is 0 Å². The number of aromatic nitrogens is 6. The van der Waals surface area contributed by atoms with Crippen molar-refractivity contribution in [1.29, 1.82) is 0 Å². The van der Waals surface area contributed by atoms with Gasteiger partial charge in [0.15, 0.2) is 0 Å². The number of rotatable bonds is 10. The van der Waals surface area contributed by atoms with Gasteiger partial charge in [0.05, 0.1) is 17.4 Å². The summed E-state index contributed by atoms with van der Waals surface area (Å²) in [6.45, 7) is 5.61. The molecule has 0 spiro atoms. The number of aryl methyl sites for hydroxylation is 1. The van der Waals surface area contributed by atoms with Gasteiger partial charge in [-0.2, -0.15) is 5.21 Å². The van der Waals surface area contributed by atoms with Crippen molar-refractivity contribution in [2.24, 2.45) is 5.92 Å². The Hall–Kier alpha value is -4.86. The minimum Gasteiger partial charge on any atom is -0.368 e. The zero-order chi connectivity index (χ0) is 30.8. The molecule has 45 heavy (non-hydrogen) atoms. The minimum absolute atomic E-state index is 0.0116. The lowest BCUT2D eigenvalue weighted by Crippen LogP contribution is -2.49. The summed E-state index contributed by atoms with van der Waals surface area (Å²) in [5.41, 5.74) is 5.72. The number of hydrogen-bond acceptors (Lipinski definition) is 7. The van der Waals surface area contributed by atoms with Crippen LogP contribution in [0.5, 0.6) is 0 Å². The zero-order valence-corrected chi connectivity index (χ0v) is 25.7.